The number of aromatic amines is 1. The molecule has 43 heavy (non-hydrogen) atoms. The number of nitrogens with zero attached hydrogens (tertiary/aromatic N) is 5. The number of H-pyrrole nitrogens is 1. The summed E-state index contributed by atoms with van der Waals surface area (Å²) in [5.41, 5.74) is 0.436. The summed E-state index contributed by atoms with van der Waals surface area (Å²) in [5.74, 6) is -2.46. The first kappa shape index (κ1) is 33.2. The Kier molecular flexibility index (Phi) is 10.3. The van der Waals surface area contributed by atoms with Gasteiger partial charge in [0, 0.05) is 19.6 Å². The lowest BCUT2D eigenvalue weighted by atomic mass is 10.1. The maximum atomic E-state index is 13.5. The molecule has 3 amide bonds. The van der Waals surface area contributed by atoms with Crippen molar-refractivity contribution >= 4 is 23.0 Å². The molecule has 3 N–H and O–H groups in total. The summed E-state index contributed by atoms with van der Waals surface area (Å²) >= 11 is 0. The Morgan fingerprint density at radius 3 is 2.49 bits per heavy atom. The van der Waals surface area contributed by atoms with Crippen LogP contribution in [0.25, 0.3) is 11.0 Å². The van der Waals surface area contributed by atoms with Crippen molar-refractivity contribution in [1.29, 1.82) is 5.26 Å². The van der Waals surface area contributed by atoms with E-state index in [-0.39, 0.29) is 18.8 Å². The molecule has 17 heteroatoms. The van der Waals surface area contributed by atoms with Crippen LogP contribution < -0.4 is 10.6 Å². The van der Waals surface area contributed by atoms with Gasteiger partial charge in [-0.25, -0.2) is 23.2 Å². The van der Waals surface area contributed by atoms with Gasteiger partial charge in [-0.2, -0.15) is 18.4 Å². The normalized spacial score (nSPS) is 16.3. The maximum Gasteiger partial charge on any atom is 0.416 e. The van der Waals surface area contributed by atoms with Crippen LogP contribution in [0.2, 0.25) is 0 Å². The summed E-state index contributed by atoms with van der Waals surface area (Å²) in [5, 5.41) is 19.9. The first-order valence-corrected chi connectivity index (χ1v) is 13.0. The zero-order chi connectivity index (χ0) is 32.0. The molecule has 0 radical (unpaired) electrons. The number of imidazole rings is 1. The molecule has 2 aromatic heterocycles. The van der Waals surface area contributed by atoms with Gasteiger partial charge in [-0.15, -0.1) is 0 Å². The van der Waals surface area contributed by atoms with Crippen LogP contribution in [0.1, 0.15) is 54.3 Å². The molecule has 1 saturated carbocycles. The first-order valence-electron chi connectivity index (χ1n) is 13.0. The van der Waals surface area contributed by atoms with Crippen LogP contribution in [0.15, 0.2) is 22.8 Å². The molecule has 2 aliphatic rings. The highest BCUT2D eigenvalue weighted by molar-refractivity contribution is 5.92. The van der Waals surface area contributed by atoms with E-state index in [9.17, 15) is 31.5 Å². The van der Waals surface area contributed by atoms with E-state index in [4.69, 9.17) is 5.26 Å². The largest absolute Gasteiger partial charge is 0.416 e. The number of carbonyl (C=O) groups excluding carboxylic acids is 2. The second-order valence-electron chi connectivity index (χ2n) is 10.4. The van der Waals surface area contributed by atoms with Crippen LogP contribution in [-0.2, 0) is 17.8 Å². The molecule has 234 valence electrons. The fourth-order valence-electron chi connectivity index (χ4n) is 3.38. The molecular formula is C26H31F5N8O4. The number of fused-ring (bicyclic) bond motifs is 1. The summed E-state index contributed by atoms with van der Waals surface area (Å²) in [6.45, 7) is 2.44. The van der Waals surface area contributed by atoms with Gasteiger partial charge < -0.3 is 25.3 Å². The van der Waals surface area contributed by atoms with Crippen molar-refractivity contribution in [2.75, 3.05) is 20.2 Å². The van der Waals surface area contributed by atoms with Crippen molar-refractivity contribution in [1.82, 2.24) is 35.8 Å². The summed E-state index contributed by atoms with van der Waals surface area (Å²) in [6, 6.07) is 6.79. The van der Waals surface area contributed by atoms with E-state index in [0.717, 1.165) is 38.7 Å². The fourth-order valence-corrected chi connectivity index (χ4v) is 3.38. The van der Waals surface area contributed by atoms with Gasteiger partial charge in [0.2, 0.25) is 0 Å². The molecule has 5 rings (SSSR count). The van der Waals surface area contributed by atoms with Crippen LogP contribution in [0.3, 0.4) is 0 Å². The molecule has 0 unspecified atom stereocenters. The molecule has 2 fully saturated rings. The number of halogens is 5. The van der Waals surface area contributed by atoms with Gasteiger partial charge >= 0.3 is 12.2 Å². The van der Waals surface area contributed by atoms with Crippen LogP contribution >= 0.6 is 0 Å². The highest BCUT2D eigenvalue weighted by atomic mass is 19.4. The lowest BCUT2D eigenvalue weighted by Gasteiger charge is -2.32. The Labute approximate surface area is 242 Å². The minimum Gasteiger partial charge on any atom is -0.369 e. The summed E-state index contributed by atoms with van der Waals surface area (Å²) in [7, 11) is 1.04. The number of ether oxygens (including phenoxy) is 1. The zero-order valence-corrected chi connectivity index (χ0v) is 23.8. The monoisotopic (exact) mass is 614 g/mol. The molecular weight excluding hydrogens is 583 g/mol. The summed E-state index contributed by atoms with van der Waals surface area (Å²) in [6.07, 6.45) is -1.98. The predicted octanol–water partition coefficient (Wildman–Crippen LogP) is 4.24. The van der Waals surface area contributed by atoms with E-state index in [1.165, 1.54) is 0 Å². The van der Waals surface area contributed by atoms with Crippen molar-refractivity contribution in [2.45, 2.75) is 64.4 Å². The number of aromatic nitrogens is 4. The van der Waals surface area contributed by atoms with Crippen LogP contribution in [0, 0.1) is 24.2 Å². The van der Waals surface area contributed by atoms with E-state index in [1.807, 2.05) is 0 Å². The Hall–Kier alpha value is -4.33. The lowest BCUT2D eigenvalue weighted by Crippen LogP contribution is -2.56. The lowest BCUT2D eigenvalue weighted by molar-refractivity contribution is -0.255. The van der Waals surface area contributed by atoms with Crippen LogP contribution in [-0.4, -0.2) is 75.0 Å². The number of hydrogen-bond donors (Lipinski definition) is 3. The van der Waals surface area contributed by atoms with Crippen molar-refractivity contribution in [3.05, 3.63) is 41.0 Å². The molecule has 3 aromatic rings. The van der Waals surface area contributed by atoms with Crippen LogP contribution in [0.5, 0.6) is 0 Å². The number of nitriles is 1. The number of hydrogen-bond acceptors (Lipinski definition) is 8. The van der Waals surface area contributed by atoms with Crippen molar-refractivity contribution in [3.8, 4) is 6.07 Å². The van der Waals surface area contributed by atoms with Crippen LogP contribution in [0.4, 0.5) is 26.7 Å². The third-order valence-electron chi connectivity index (χ3n) is 6.41. The summed E-state index contributed by atoms with van der Waals surface area (Å²) < 4.78 is 70.9. The van der Waals surface area contributed by atoms with Gasteiger partial charge in [0.15, 0.2) is 11.3 Å². The average Bonchev–Trinajstić information content (AvgIpc) is 3.55. The van der Waals surface area contributed by atoms with Gasteiger partial charge in [-0.3, -0.25) is 4.79 Å². The SMILES string of the molecule is COC(C)(C)C(F)(F)F.Cc1nonc1C(=O)NCc1nc2ccc(CN3CC(F)(F)CNC3=O)cc2[nH]1.N#CC1CC1. The fraction of sp³-hybridized carbons (Fsp3) is 0.538. The van der Waals surface area contributed by atoms with E-state index in [2.05, 4.69) is 46.3 Å². The molecule has 1 aromatic carbocycles. The summed E-state index contributed by atoms with van der Waals surface area (Å²) in [4.78, 5) is 32.4. The number of carbonyl (C=O) groups is 2. The molecule has 0 atom stereocenters. The maximum absolute atomic E-state index is 13.5. The minimum atomic E-state index is -4.28. The molecule has 1 aliphatic heterocycles. The number of urea groups is 1. The molecule has 0 spiro atoms. The van der Waals surface area contributed by atoms with E-state index >= 15 is 0 Å². The Morgan fingerprint density at radius 2 is 1.98 bits per heavy atom. The highest BCUT2D eigenvalue weighted by Gasteiger charge is 2.47. The standard InChI is InChI=1S/C17H17F2N7O3.C5H9F3O.C4H5N/c1-9-14(25-29-24-9)15(27)20-5-13-22-11-3-2-10(4-12(11)23-13)6-26-8-17(18,19)7-21-16(26)28;1-4(2,9-3)5(6,7)8;5-3-4-1-2-4/h2-4H,5-8H2,1H3,(H,20,27)(H,21,28)(H,22,23);1-3H3;4H,1-2H2. The van der Waals surface area contributed by atoms with Gasteiger partial charge in [-0.05, 0) is 56.5 Å². The average molecular weight is 615 g/mol. The second-order valence-corrected chi connectivity index (χ2v) is 10.4. The quantitative estimate of drug-likeness (QED) is 0.348. The smallest absolute Gasteiger partial charge is 0.369 e. The highest BCUT2D eigenvalue weighted by Crippen LogP contribution is 2.31. The Bertz CT molecular complexity index is 1460. The third-order valence-corrected chi connectivity index (χ3v) is 6.41. The van der Waals surface area contributed by atoms with Gasteiger partial charge in [0.1, 0.15) is 11.5 Å². The van der Waals surface area contributed by atoms with Crippen molar-refractivity contribution in [3.63, 3.8) is 0 Å². The molecule has 1 saturated heterocycles. The number of nitrogens with one attached hydrogen (secondary N) is 3. The molecule has 12 nitrogen and oxygen atoms in total. The van der Waals surface area contributed by atoms with Crippen molar-refractivity contribution < 1.29 is 40.9 Å². The van der Waals surface area contributed by atoms with Gasteiger partial charge in [0.05, 0.1) is 36.7 Å². The molecule has 1 aliphatic carbocycles. The number of rotatable bonds is 6. The number of benzene rings is 1. The Balaban J connectivity index is 0.000000298. The van der Waals surface area contributed by atoms with Gasteiger partial charge in [0.25, 0.3) is 11.8 Å². The van der Waals surface area contributed by atoms with Crippen molar-refractivity contribution in [2.24, 2.45) is 5.92 Å². The topological polar surface area (TPSA) is 162 Å². The van der Waals surface area contributed by atoms with E-state index in [1.54, 1.807) is 25.1 Å². The number of methoxy groups -OCH3 is 1. The Morgan fingerprint density at radius 1 is 1.28 bits per heavy atom. The number of amides is 3. The predicted molar refractivity (Wildman–Crippen MR) is 141 cm³/mol. The third kappa shape index (κ3) is 9.33. The molecule has 0 bridgehead atoms. The second kappa shape index (κ2) is 13.3. The molecule has 3 heterocycles. The first-order chi connectivity index (χ1) is 20.0. The van der Waals surface area contributed by atoms with E-state index in [0.29, 0.717) is 34.0 Å². The van der Waals surface area contributed by atoms with Gasteiger partial charge in [-0.1, -0.05) is 11.2 Å². The number of alkyl halides is 5. The van der Waals surface area contributed by atoms with E-state index < -0.39 is 42.7 Å². The number of aryl methyl sites for hydroxylation is 1. The minimum absolute atomic E-state index is 0.0425. The zero-order valence-electron chi connectivity index (χ0n) is 23.8.